The fourth-order valence-electron chi connectivity index (χ4n) is 6.78. The molecule has 0 radical (unpaired) electrons. The summed E-state index contributed by atoms with van der Waals surface area (Å²) in [5.41, 5.74) is 5.17. The summed E-state index contributed by atoms with van der Waals surface area (Å²) >= 11 is 0. The van der Waals surface area contributed by atoms with E-state index >= 15 is 0 Å². The Bertz CT molecular complexity index is 968. The number of nitrogens with zero attached hydrogens (tertiary/aromatic N) is 1. The fourth-order valence-corrected chi connectivity index (χ4v) is 6.78. The van der Waals surface area contributed by atoms with Crippen molar-refractivity contribution in [3.8, 4) is 0 Å². The zero-order valence-corrected chi connectivity index (χ0v) is 22.0. The second-order valence-corrected chi connectivity index (χ2v) is 12.6. The van der Waals surface area contributed by atoms with E-state index in [1.807, 2.05) is 0 Å². The number of fused-ring (bicyclic) bond motifs is 1. The van der Waals surface area contributed by atoms with Crippen LogP contribution in [0.5, 0.6) is 0 Å². The van der Waals surface area contributed by atoms with Crippen molar-refractivity contribution in [2.45, 2.75) is 102 Å². The number of primary amides is 1. The van der Waals surface area contributed by atoms with Crippen molar-refractivity contribution in [1.29, 1.82) is 0 Å². The highest BCUT2D eigenvalue weighted by Crippen LogP contribution is 2.65. The first-order valence-electron chi connectivity index (χ1n) is 14.1. The van der Waals surface area contributed by atoms with Gasteiger partial charge in [-0.1, -0.05) is 46.0 Å². The average Bonchev–Trinajstić information content (AvgIpc) is 3.82. The van der Waals surface area contributed by atoms with Crippen LogP contribution in [0.1, 0.15) is 78.1 Å². The third-order valence-corrected chi connectivity index (χ3v) is 9.49. The van der Waals surface area contributed by atoms with Gasteiger partial charge in [0.05, 0.1) is 6.04 Å². The molecule has 37 heavy (non-hydrogen) atoms. The topological polar surface area (TPSA) is 151 Å². The zero-order chi connectivity index (χ0) is 26.5. The number of hydrogen-bond donors (Lipinski definition) is 4. The zero-order valence-electron chi connectivity index (χ0n) is 22.0. The molecule has 5 rings (SSSR count). The highest BCUT2D eigenvalue weighted by Gasteiger charge is 2.69. The van der Waals surface area contributed by atoms with Crippen LogP contribution in [0.25, 0.3) is 0 Å². The Morgan fingerprint density at radius 2 is 1.62 bits per heavy atom. The normalized spacial score (nSPS) is 30.0. The molecule has 4 saturated carbocycles. The Morgan fingerprint density at radius 3 is 2.22 bits per heavy atom. The van der Waals surface area contributed by atoms with E-state index in [-0.39, 0.29) is 41.1 Å². The average molecular weight is 516 g/mol. The molecule has 3 unspecified atom stereocenters. The first-order chi connectivity index (χ1) is 17.6. The molecule has 5 atom stereocenters. The second-order valence-electron chi connectivity index (χ2n) is 12.6. The van der Waals surface area contributed by atoms with Crippen molar-refractivity contribution in [2.75, 3.05) is 6.54 Å². The molecule has 0 bridgehead atoms. The number of carbonyl (C=O) groups excluding carboxylic acids is 5. The van der Waals surface area contributed by atoms with Crippen molar-refractivity contribution in [3.05, 3.63) is 0 Å². The molecule has 0 aromatic rings. The van der Waals surface area contributed by atoms with Gasteiger partial charge in [-0.15, -0.1) is 0 Å². The van der Waals surface area contributed by atoms with Gasteiger partial charge in [0, 0.05) is 12.6 Å². The molecule has 1 heterocycles. The third kappa shape index (κ3) is 5.48. The van der Waals surface area contributed by atoms with E-state index in [4.69, 9.17) is 5.73 Å². The molecule has 5 aliphatic rings. The Labute approximate surface area is 218 Å². The molecular formula is C27H41N5O5. The summed E-state index contributed by atoms with van der Waals surface area (Å²) in [6.07, 6.45) is 9.08. The Balaban J connectivity index is 1.34. The van der Waals surface area contributed by atoms with Gasteiger partial charge in [0.15, 0.2) is 0 Å². The van der Waals surface area contributed by atoms with E-state index in [1.54, 1.807) is 4.90 Å². The van der Waals surface area contributed by atoms with Gasteiger partial charge in [-0.05, 0) is 61.2 Å². The Hall–Kier alpha value is -2.65. The van der Waals surface area contributed by atoms with Gasteiger partial charge in [0.1, 0.15) is 12.1 Å². The Morgan fingerprint density at radius 1 is 0.946 bits per heavy atom. The quantitative estimate of drug-likeness (QED) is 0.323. The second kappa shape index (κ2) is 9.91. The van der Waals surface area contributed by atoms with Crippen LogP contribution in [0, 0.1) is 29.1 Å². The van der Waals surface area contributed by atoms with Crippen LogP contribution in [0.4, 0.5) is 4.79 Å². The molecule has 5 N–H and O–H groups in total. The number of rotatable bonds is 10. The van der Waals surface area contributed by atoms with Crippen LogP contribution in [0.2, 0.25) is 0 Å². The molecule has 10 heteroatoms. The van der Waals surface area contributed by atoms with E-state index in [0.29, 0.717) is 18.9 Å². The van der Waals surface area contributed by atoms with Crippen LogP contribution in [-0.2, 0) is 19.2 Å². The SMILES string of the molecule is CC1(C)C2CN(C(=O)[C@@H](NC(=O)NC3CC3)C3CCCCC3)[C@H](C(=O)NC(CC3CC3)C(=O)C(N)=O)C21. The van der Waals surface area contributed by atoms with E-state index in [0.717, 1.165) is 57.8 Å². The van der Waals surface area contributed by atoms with Crippen molar-refractivity contribution in [1.82, 2.24) is 20.9 Å². The van der Waals surface area contributed by atoms with Gasteiger partial charge >= 0.3 is 6.03 Å². The molecule has 204 valence electrons. The highest BCUT2D eigenvalue weighted by molar-refractivity contribution is 6.37. The first kappa shape index (κ1) is 26.0. The number of nitrogens with one attached hydrogen (secondary N) is 3. The number of piperidine rings is 1. The van der Waals surface area contributed by atoms with Crippen LogP contribution in [-0.4, -0.2) is 65.1 Å². The van der Waals surface area contributed by atoms with Crippen LogP contribution in [0.3, 0.4) is 0 Å². The van der Waals surface area contributed by atoms with E-state index in [1.165, 1.54) is 0 Å². The van der Waals surface area contributed by atoms with Crippen molar-refractivity contribution in [3.63, 3.8) is 0 Å². The largest absolute Gasteiger partial charge is 0.363 e. The lowest BCUT2D eigenvalue weighted by atomic mass is 9.83. The van der Waals surface area contributed by atoms with Crippen molar-refractivity contribution < 1.29 is 24.0 Å². The maximum atomic E-state index is 14.1. The number of hydrogen-bond acceptors (Lipinski definition) is 5. The molecule has 5 fully saturated rings. The summed E-state index contributed by atoms with van der Waals surface area (Å²) in [7, 11) is 0. The molecule has 0 aromatic carbocycles. The molecule has 5 amide bonds. The summed E-state index contributed by atoms with van der Waals surface area (Å²) in [4.78, 5) is 66.2. The molecule has 1 aliphatic heterocycles. The minimum Gasteiger partial charge on any atom is -0.363 e. The van der Waals surface area contributed by atoms with E-state index in [9.17, 15) is 24.0 Å². The predicted molar refractivity (Wildman–Crippen MR) is 135 cm³/mol. The lowest BCUT2D eigenvalue weighted by molar-refractivity contribution is -0.144. The molecule has 1 saturated heterocycles. The lowest BCUT2D eigenvalue weighted by Crippen LogP contribution is -2.60. The molecular weight excluding hydrogens is 474 g/mol. The first-order valence-corrected chi connectivity index (χ1v) is 14.1. The molecule has 0 spiro atoms. The summed E-state index contributed by atoms with van der Waals surface area (Å²) in [5, 5.41) is 8.69. The highest BCUT2D eigenvalue weighted by atomic mass is 16.2. The number of nitrogens with two attached hydrogens (primary N) is 1. The van der Waals surface area contributed by atoms with Crippen molar-refractivity contribution in [2.24, 2.45) is 34.8 Å². The minimum absolute atomic E-state index is 0.0268. The number of ketones is 1. The molecule has 0 aromatic heterocycles. The van der Waals surface area contributed by atoms with Crippen LogP contribution < -0.4 is 21.7 Å². The summed E-state index contributed by atoms with van der Waals surface area (Å²) in [6.45, 7) is 4.64. The van der Waals surface area contributed by atoms with Gasteiger partial charge in [0.2, 0.25) is 17.6 Å². The Kier molecular flexibility index (Phi) is 6.96. The van der Waals surface area contributed by atoms with Gasteiger partial charge < -0.3 is 26.6 Å². The lowest BCUT2D eigenvalue weighted by Gasteiger charge is -2.37. The van der Waals surface area contributed by atoms with Gasteiger partial charge in [0.25, 0.3) is 5.91 Å². The number of urea groups is 1. The number of carbonyl (C=O) groups is 5. The van der Waals surface area contributed by atoms with Gasteiger partial charge in [-0.25, -0.2) is 4.79 Å². The molecule has 4 aliphatic carbocycles. The minimum atomic E-state index is -1.06. The number of likely N-dealkylation sites (tertiary alicyclic amines) is 1. The maximum absolute atomic E-state index is 14.1. The predicted octanol–water partition coefficient (Wildman–Crippen LogP) is 1.22. The molecule has 10 nitrogen and oxygen atoms in total. The van der Waals surface area contributed by atoms with Crippen molar-refractivity contribution >= 4 is 29.5 Å². The van der Waals surface area contributed by atoms with E-state index in [2.05, 4.69) is 29.8 Å². The monoisotopic (exact) mass is 515 g/mol. The van der Waals surface area contributed by atoms with Gasteiger partial charge in [-0.3, -0.25) is 19.2 Å². The fraction of sp³-hybridized carbons (Fsp3) is 0.815. The smallest absolute Gasteiger partial charge is 0.315 e. The number of Topliss-reactive ketones (excluding diaryl/α,β-unsaturated/α-hetero) is 1. The maximum Gasteiger partial charge on any atom is 0.315 e. The summed E-state index contributed by atoms with van der Waals surface area (Å²) < 4.78 is 0. The van der Waals surface area contributed by atoms with Gasteiger partial charge in [-0.2, -0.15) is 0 Å². The van der Waals surface area contributed by atoms with E-state index < -0.39 is 35.7 Å². The standard InChI is InChI=1S/C27H41N5O5/c1-27(2)17-13-32(21(19(17)27)24(35)30-18(12-14-8-9-14)22(33)23(28)34)25(36)20(15-6-4-3-5-7-15)31-26(37)29-16-10-11-16/h14-21H,3-13H2,1-2H3,(H2,28,34)(H,30,35)(H2,29,31,37)/t17?,18?,19?,20-,21-/m0/s1. The van der Waals surface area contributed by atoms with Crippen LogP contribution >= 0.6 is 0 Å². The van der Waals surface area contributed by atoms with Crippen LogP contribution in [0.15, 0.2) is 0 Å². The summed E-state index contributed by atoms with van der Waals surface area (Å²) in [6, 6.07) is -2.55. The number of amides is 5. The third-order valence-electron chi connectivity index (χ3n) is 9.49. The summed E-state index contributed by atoms with van der Waals surface area (Å²) in [5.74, 6) is -2.01.